The van der Waals surface area contributed by atoms with Crippen LogP contribution in [0.15, 0.2) is 24.3 Å². The summed E-state index contributed by atoms with van der Waals surface area (Å²) in [6.07, 6.45) is 2.28. The lowest BCUT2D eigenvalue weighted by atomic mass is 9.96. The van der Waals surface area contributed by atoms with E-state index < -0.39 is 0 Å². The van der Waals surface area contributed by atoms with Crippen LogP contribution in [0.4, 0.5) is 5.69 Å². The van der Waals surface area contributed by atoms with Gasteiger partial charge >= 0.3 is 0 Å². The van der Waals surface area contributed by atoms with Crippen molar-refractivity contribution in [2.24, 2.45) is 5.92 Å². The second-order valence-electron chi connectivity index (χ2n) is 4.96. The number of ketones is 1. The number of rotatable bonds is 4. The van der Waals surface area contributed by atoms with E-state index in [4.69, 9.17) is 4.74 Å². The van der Waals surface area contributed by atoms with Gasteiger partial charge in [-0.15, -0.1) is 0 Å². The minimum absolute atomic E-state index is 0.143. The van der Waals surface area contributed by atoms with E-state index in [9.17, 15) is 4.79 Å². The van der Waals surface area contributed by atoms with Crippen LogP contribution in [0.2, 0.25) is 0 Å². The zero-order valence-corrected chi connectivity index (χ0v) is 11.2. The molecule has 1 aliphatic rings. The highest BCUT2D eigenvalue weighted by molar-refractivity contribution is 5.99. The second-order valence-corrected chi connectivity index (χ2v) is 4.96. The molecule has 1 aromatic carbocycles. The van der Waals surface area contributed by atoms with Crippen LogP contribution in [-0.4, -0.2) is 32.6 Å². The molecule has 1 aromatic rings. The van der Waals surface area contributed by atoms with Gasteiger partial charge in [0.05, 0.1) is 0 Å². The van der Waals surface area contributed by atoms with Crippen molar-refractivity contribution in [3.63, 3.8) is 0 Å². The van der Waals surface area contributed by atoms with E-state index in [-0.39, 0.29) is 5.78 Å². The third kappa shape index (κ3) is 2.91. The number of carbonyl (C=O) groups excluding carboxylic acids is 1. The Kier molecular flexibility index (Phi) is 4.37. The van der Waals surface area contributed by atoms with E-state index in [0.29, 0.717) is 5.92 Å². The lowest BCUT2D eigenvalue weighted by Gasteiger charge is -2.34. The van der Waals surface area contributed by atoms with Gasteiger partial charge in [-0.05, 0) is 37.8 Å². The second kappa shape index (κ2) is 6.01. The van der Waals surface area contributed by atoms with Crippen LogP contribution in [0.25, 0.3) is 0 Å². The molecule has 1 aliphatic heterocycles. The average Bonchev–Trinajstić information content (AvgIpc) is 2.40. The van der Waals surface area contributed by atoms with Gasteiger partial charge < -0.3 is 9.64 Å². The number of benzene rings is 1. The molecule has 0 unspecified atom stereocenters. The molecule has 3 heteroatoms. The third-order valence-corrected chi connectivity index (χ3v) is 3.64. The predicted octanol–water partition coefficient (Wildman–Crippen LogP) is 2.75. The molecule has 0 radical (unpaired) electrons. The SMILES string of the molecule is COCC1CCN(c2ccccc2C(C)=O)CC1. The highest BCUT2D eigenvalue weighted by atomic mass is 16.5. The number of para-hydroxylation sites is 1. The number of methoxy groups -OCH3 is 1. The monoisotopic (exact) mass is 247 g/mol. The minimum atomic E-state index is 0.143. The van der Waals surface area contributed by atoms with Crippen molar-refractivity contribution in [3.05, 3.63) is 29.8 Å². The summed E-state index contributed by atoms with van der Waals surface area (Å²) >= 11 is 0. The predicted molar refractivity (Wildman–Crippen MR) is 73.3 cm³/mol. The Hall–Kier alpha value is -1.35. The Morgan fingerprint density at radius 1 is 1.33 bits per heavy atom. The Labute approximate surface area is 109 Å². The van der Waals surface area contributed by atoms with Gasteiger partial charge in [0.1, 0.15) is 0 Å². The summed E-state index contributed by atoms with van der Waals surface area (Å²) in [6.45, 7) is 4.51. The number of carbonyl (C=O) groups is 1. The molecule has 0 atom stereocenters. The molecule has 0 aromatic heterocycles. The van der Waals surface area contributed by atoms with Crippen LogP contribution in [0.3, 0.4) is 0 Å². The molecule has 0 amide bonds. The van der Waals surface area contributed by atoms with Crippen molar-refractivity contribution in [1.29, 1.82) is 0 Å². The van der Waals surface area contributed by atoms with Crippen LogP contribution in [0.5, 0.6) is 0 Å². The maximum absolute atomic E-state index is 11.6. The molecule has 18 heavy (non-hydrogen) atoms. The van der Waals surface area contributed by atoms with E-state index >= 15 is 0 Å². The molecular formula is C15H21NO2. The average molecular weight is 247 g/mol. The van der Waals surface area contributed by atoms with E-state index in [1.807, 2.05) is 24.3 Å². The maximum atomic E-state index is 11.6. The summed E-state index contributed by atoms with van der Waals surface area (Å²) in [5.74, 6) is 0.806. The summed E-state index contributed by atoms with van der Waals surface area (Å²) in [5, 5.41) is 0. The largest absolute Gasteiger partial charge is 0.384 e. The molecule has 3 nitrogen and oxygen atoms in total. The van der Waals surface area contributed by atoms with Crippen molar-refractivity contribution >= 4 is 11.5 Å². The van der Waals surface area contributed by atoms with Crippen LogP contribution >= 0.6 is 0 Å². The minimum Gasteiger partial charge on any atom is -0.384 e. The molecule has 1 saturated heterocycles. The van der Waals surface area contributed by atoms with E-state index in [0.717, 1.165) is 43.8 Å². The molecule has 1 fully saturated rings. The van der Waals surface area contributed by atoms with Crippen molar-refractivity contribution in [2.45, 2.75) is 19.8 Å². The molecule has 0 bridgehead atoms. The van der Waals surface area contributed by atoms with Gasteiger partial charge in [0.25, 0.3) is 0 Å². The number of hydrogen-bond donors (Lipinski definition) is 0. The summed E-state index contributed by atoms with van der Waals surface area (Å²) in [6, 6.07) is 7.90. The Morgan fingerprint density at radius 2 is 2.00 bits per heavy atom. The quantitative estimate of drug-likeness (QED) is 0.766. The fourth-order valence-corrected chi connectivity index (χ4v) is 2.62. The molecule has 0 spiro atoms. The standard InChI is InChI=1S/C15H21NO2/c1-12(17)14-5-3-4-6-15(14)16-9-7-13(8-10-16)11-18-2/h3-6,13H,7-11H2,1-2H3. The number of anilines is 1. The van der Waals surface area contributed by atoms with Gasteiger partial charge in [0, 0.05) is 38.1 Å². The Bertz CT molecular complexity index is 409. The third-order valence-electron chi connectivity index (χ3n) is 3.64. The number of nitrogens with zero attached hydrogens (tertiary/aromatic N) is 1. The van der Waals surface area contributed by atoms with E-state index in [1.54, 1.807) is 14.0 Å². The van der Waals surface area contributed by atoms with Gasteiger partial charge in [-0.25, -0.2) is 0 Å². The van der Waals surface area contributed by atoms with Crippen molar-refractivity contribution in [1.82, 2.24) is 0 Å². The molecular weight excluding hydrogens is 226 g/mol. The van der Waals surface area contributed by atoms with Crippen LogP contribution in [0.1, 0.15) is 30.1 Å². The summed E-state index contributed by atoms with van der Waals surface area (Å²) in [5.41, 5.74) is 1.92. The molecule has 1 heterocycles. The molecule has 0 saturated carbocycles. The molecule has 0 N–H and O–H groups in total. The first-order valence-corrected chi connectivity index (χ1v) is 6.56. The summed E-state index contributed by atoms with van der Waals surface area (Å²) in [7, 11) is 1.76. The Balaban J connectivity index is 2.07. The van der Waals surface area contributed by atoms with Gasteiger partial charge in [0.15, 0.2) is 5.78 Å². The molecule has 0 aliphatic carbocycles. The maximum Gasteiger partial charge on any atom is 0.161 e. The first-order valence-electron chi connectivity index (χ1n) is 6.56. The zero-order chi connectivity index (χ0) is 13.0. The van der Waals surface area contributed by atoms with Gasteiger partial charge in [-0.1, -0.05) is 12.1 Å². The first-order chi connectivity index (χ1) is 8.72. The van der Waals surface area contributed by atoms with Crippen LogP contribution < -0.4 is 4.90 Å². The highest BCUT2D eigenvalue weighted by Crippen LogP contribution is 2.26. The number of Topliss-reactive ketones (excluding diaryl/α,β-unsaturated/α-hetero) is 1. The van der Waals surface area contributed by atoms with Gasteiger partial charge in [-0.3, -0.25) is 4.79 Å². The van der Waals surface area contributed by atoms with Crippen LogP contribution in [-0.2, 0) is 4.74 Å². The Morgan fingerprint density at radius 3 is 2.61 bits per heavy atom. The van der Waals surface area contributed by atoms with Crippen molar-refractivity contribution in [3.8, 4) is 0 Å². The number of hydrogen-bond acceptors (Lipinski definition) is 3. The molecule has 98 valence electrons. The normalized spacial score (nSPS) is 16.9. The fraction of sp³-hybridized carbons (Fsp3) is 0.533. The lowest BCUT2D eigenvalue weighted by molar-refractivity contribution is 0.101. The number of ether oxygens (including phenoxy) is 1. The zero-order valence-electron chi connectivity index (χ0n) is 11.2. The summed E-state index contributed by atoms with van der Waals surface area (Å²) in [4.78, 5) is 14.0. The highest BCUT2D eigenvalue weighted by Gasteiger charge is 2.21. The van der Waals surface area contributed by atoms with E-state index in [1.165, 1.54) is 0 Å². The smallest absolute Gasteiger partial charge is 0.161 e. The van der Waals surface area contributed by atoms with Crippen molar-refractivity contribution < 1.29 is 9.53 Å². The van der Waals surface area contributed by atoms with Gasteiger partial charge in [-0.2, -0.15) is 0 Å². The lowest BCUT2D eigenvalue weighted by Crippen LogP contribution is -2.35. The van der Waals surface area contributed by atoms with Crippen LogP contribution in [0, 0.1) is 5.92 Å². The topological polar surface area (TPSA) is 29.5 Å². The summed E-state index contributed by atoms with van der Waals surface area (Å²) < 4.78 is 5.21. The first kappa shape index (κ1) is 13.1. The van der Waals surface area contributed by atoms with Crippen molar-refractivity contribution in [2.75, 3.05) is 31.7 Å². The number of piperidine rings is 1. The molecule has 2 rings (SSSR count). The van der Waals surface area contributed by atoms with E-state index in [2.05, 4.69) is 4.90 Å². The fourth-order valence-electron chi connectivity index (χ4n) is 2.62. The van der Waals surface area contributed by atoms with Gasteiger partial charge in [0.2, 0.25) is 0 Å².